The first-order valence-corrected chi connectivity index (χ1v) is 11.1. The zero-order valence-corrected chi connectivity index (χ0v) is 17.7. The van der Waals surface area contributed by atoms with E-state index in [2.05, 4.69) is 20.2 Å². The predicted octanol–water partition coefficient (Wildman–Crippen LogP) is 4.36. The second-order valence-corrected chi connectivity index (χ2v) is 8.99. The number of aryl methyl sites for hydroxylation is 2. The first-order chi connectivity index (χ1) is 14.9. The normalized spacial score (nSPS) is 18.9. The summed E-state index contributed by atoms with van der Waals surface area (Å²) in [6, 6.07) is 6.09. The van der Waals surface area contributed by atoms with Gasteiger partial charge in [-0.15, -0.1) is 0 Å². The molecule has 2 heterocycles. The Labute approximate surface area is 179 Å². The third kappa shape index (κ3) is 4.07. The summed E-state index contributed by atoms with van der Waals surface area (Å²) in [6.07, 6.45) is 8.48. The summed E-state index contributed by atoms with van der Waals surface area (Å²) in [4.78, 5) is 15.8. The van der Waals surface area contributed by atoms with Crippen LogP contribution in [-0.2, 0) is 19.4 Å². The second-order valence-electron chi connectivity index (χ2n) is 8.99. The molecule has 0 radical (unpaired) electrons. The molecule has 2 aliphatic rings. The summed E-state index contributed by atoms with van der Waals surface area (Å²) in [5.74, 6) is -2.63. The van der Waals surface area contributed by atoms with Gasteiger partial charge in [0.05, 0.1) is 23.5 Å². The van der Waals surface area contributed by atoms with Crippen LogP contribution in [0.1, 0.15) is 60.6 Å². The van der Waals surface area contributed by atoms with E-state index in [1.54, 1.807) is 10.9 Å². The quantitative estimate of drug-likeness (QED) is 0.609. The highest BCUT2D eigenvalue weighted by molar-refractivity contribution is 6.06. The molecule has 6 nitrogen and oxygen atoms in total. The van der Waals surface area contributed by atoms with Gasteiger partial charge in [0.1, 0.15) is 0 Å². The smallest absolute Gasteiger partial charge is 0.255 e. The van der Waals surface area contributed by atoms with Gasteiger partial charge in [-0.2, -0.15) is 10.2 Å². The minimum absolute atomic E-state index is 0.0460. The van der Waals surface area contributed by atoms with Gasteiger partial charge in [0.2, 0.25) is 5.92 Å². The highest BCUT2D eigenvalue weighted by Crippen LogP contribution is 2.35. The number of amides is 1. The molecule has 0 bridgehead atoms. The number of aromatic nitrogens is 4. The van der Waals surface area contributed by atoms with Crippen LogP contribution in [0.25, 0.3) is 10.9 Å². The Bertz CT molecular complexity index is 1100. The molecule has 2 aromatic heterocycles. The maximum absolute atomic E-state index is 13.7. The average Bonchev–Trinajstić information content (AvgIpc) is 3.29. The van der Waals surface area contributed by atoms with Crippen LogP contribution in [0, 0.1) is 0 Å². The van der Waals surface area contributed by atoms with E-state index in [1.807, 2.05) is 24.4 Å². The third-order valence-corrected chi connectivity index (χ3v) is 6.46. The van der Waals surface area contributed by atoms with Crippen molar-refractivity contribution in [3.63, 3.8) is 0 Å². The number of hydrogen-bond acceptors (Lipinski definition) is 3. The average molecular weight is 427 g/mol. The van der Waals surface area contributed by atoms with Gasteiger partial charge >= 0.3 is 0 Å². The first kappa shape index (κ1) is 20.2. The van der Waals surface area contributed by atoms with Crippen molar-refractivity contribution in [2.24, 2.45) is 0 Å². The number of H-pyrrole nitrogens is 1. The number of hydrogen-bond donors (Lipinski definition) is 1. The fraction of sp³-hybridized carbons (Fsp3) is 0.522. The van der Waals surface area contributed by atoms with Crippen LogP contribution < -0.4 is 0 Å². The molecule has 3 aromatic rings. The van der Waals surface area contributed by atoms with Gasteiger partial charge < -0.3 is 4.90 Å². The molecule has 31 heavy (non-hydrogen) atoms. The molecule has 5 rings (SSSR count). The van der Waals surface area contributed by atoms with E-state index in [0.717, 1.165) is 49.9 Å². The molecule has 1 atom stereocenters. The van der Waals surface area contributed by atoms with Crippen molar-refractivity contribution in [3.8, 4) is 0 Å². The zero-order valence-electron chi connectivity index (χ0n) is 17.7. The Morgan fingerprint density at radius 3 is 2.87 bits per heavy atom. The molecule has 1 aromatic carbocycles. The van der Waals surface area contributed by atoms with Gasteiger partial charge in [-0.25, -0.2) is 8.78 Å². The van der Waals surface area contributed by atoms with Crippen molar-refractivity contribution in [1.29, 1.82) is 0 Å². The van der Waals surface area contributed by atoms with Crippen molar-refractivity contribution in [2.75, 3.05) is 0 Å². The molecule has 0 aliphatic heterocycles. The first-order valence-electron chi connectivity index (χ1n) is 11.1. The third-order valence-electron chi connectivity index (χ3n) is 6.46. The number of nitrogens with one attached hydrogen (secondary N) is 1. The molecular weight excluding hydrogens is 400 g/mol. The Kier molecular flexibility index (Phi) is 5.02. The number of halogens is 2. The van der Waals surface area contributed by atoms with Crippen molar-refractivity contribution in [2.45, 2.75) is 76.4 Å². The number of fused-ring (bicyclic) bond motifs is 2. The van der Waals surface area contributed by atoms with Gasteiger partial charge in [0, 0.05) is 36.1 Å². The van der Waals surface area contributed by atoms with E-state index in [9.17, 15) is 13.6 Å². The van der Waals surface area contributed by atoms with Crippen LogP contribution in [0.5, 0.6) is 0 Å². The van der Waals surface area contributed by atoms with E-state index >= 15 is 0 Å². The van der Waals surface area contributed by atoms with Gasteiger partial charge in [-0.1, -0.05) is 6.07 Å². The number of aromatic amines is 1. The predicted molar refractivity (Wildman–Crippen MR) is 113 cm³/mol. The summed E-state index contributed by atoms with van der Waals surface area (Å²) < 4.78 is 28.1. The molecule has 2 aliphatic carbocycles. The van der Waals surface area contributed by atoms with Crippen LogP contribution in [0.4, 0.5) is 8.78 Å². The molecule has 1 saturated carbocycles. The number of carbonyl (C=O) groups excluding carboxylic acids is 1. The lowest BCUT2D eigenvalue weighted by Crippen LogP contribution is -2.44. The maximum atomic E-state index is 13.7. The van der Waals surface area contributed by atoms with Gasteiger partial charge in [-0.05, 0) is 63.1 Å². The number of alkyl halides is 2. The Morgan fingerprint density at radius 1 is 1.26 bits per heavy atom. The monoisotopic (exact) mass is 427 g/mol. The van der Waals surface area contributed by atoms with Crippen LogP contribution in [0.3, 0.4) is 0 Å². The lowest BCUT2D eigenvalue weighted by molar-refractivity contribution is 0.00978. The Hall–Kier alpha value is -2.77. The second kappa shape index (κ2) is 7.73. The van der Waals surface area contributed by atoms with E-state index in [-0.39, 0.29) is 18.4 Å². The highest BCUT2D eigenvalue weighted by Gasteiger charge is 2.39. The van der Waals surface area contributed by atoms with Gasteiger partial charge in [-0.3, -0.25) is 14.6 Å². The SMILES string of the molecule is CC(F)(F)CCCn1ncc2c(C(=O)N(C3CC3)C3CCc4[nH]ncc4C3)cccc21. The van der Waals surface area contributed by atoms with Crippen molar-refractivity contribution >= 4 is 16.8 Å². The van der Waals surface area contributed by atoms with Crippen molar-refractivity contribution < 1.29 is 13.6 Å². The largest absolute Gasteiger partial charge is 0.332 e. The Balaban J connectivity index is 1.39. The lowest BCUT2D eigenvalue weighted by Gasteiger charge is -2.34. The lowest BCUT2D eigenvalue weighted by atomic mass is 9.91. The minimum Gasteiger partial charge on any atom is -0.332 e. The summed E-state index contributed by atoms with van der Waals surface area (Å²) in [6.45, 7) is 1.35. The van der Waals surface area contributed by atoms with E-state index < -0.39 is 5.92 Å². The maximum Gasteiger partial charge on any atom is 0.255 e. The standard InChI is InChI=1S/C23H27F2N5O/c1-23(24,25)10-3-11-29-21-5-2-4-18(19(21)14-27-29)22(31)30(16-6-7-16)17-8-9-20-15(12-17)13-26-28-20/h2,4-5,13-14,16-17H,3,6-12H2,1H3,(H,26,28). The van der Waals surface area contributed by atoms with Crippen LogP contribution >= 0.6 is 0 Å². The summed E-state index contributed by atoms with van der Waals surface area (Å²) in [7, 11) is 0. The molecule has 0 spiro atoms. The molecule has 1 fully saturated rings. The van der Waals surface area contributed by atoms with Crippen molar-refractivity contribution in [1.82, 2.24) is 24.9 Å². The summed E-state index contributed by atoms with van der Waals surface area (Å²) in [5.41, 5.74) is 3.85. The summed E-state index contributed by atoms with van der Waals surface area (Å²) >= 11 is 0. The van der Waals surface area contributed by atoms with Crippen molar-refractivity contribution in [3.05, 3.63) is 47.4 Å². The van der Waals surface area contributed by atoms with Crippen LogP contribution in [-0.4, -0.2) is 48.8 Å². The van der Waals surface area contributed by atoms with Gasteiger partial charge in [0.15, 0.2) is 0 Å². The number of rotatable bonds is 7. The fourth-order valence-electron chi connectivity index (χ4n) is 4.76. The summed E-state index contributed by atoms with van der Waals surface area (Å²) in [5, 5.41) is 12.4. The fourth-order valence-corrected chi connectivity index (χ4v) is 4.76. The topological polar surface area (TPSA) is 66.8 Å². The Morgan fingerprint density at radius 2 is 2.10 bits per heavy atom. The molecule has 164 valence electrons. The number of carbonyl (C=O) groups is 1. The van der Waals surface area contributed by atoms with Crippen LogP contribution in [0.15, 0.2) is 30.6 Å². The zero-order chi connectivity index (χ0) is 21.6. The minimum atomic E-state index is -2.68. The molecule has 8 heteroatoms. The molecule has 1 amide bonds. The molecule has 1 unspecified atom stereocenters. The molecule has 1 N–H and O–H groups in total. The molecular formula is C23H27F2N5O. The number of benzene rings is 1. The van der Waals surface area contributed by atoms with Crippen LogP contribution in [0.2, 0.25) is 0 Å². The van der Waals surface area contributed by atoms with E-state index in [1.165, 1.54) is 11.3 Å². The van der Waals surface area contributed by atoms with E-state index in [0.29, 0.717) is 24.6 Å². The molecule has 0 saturated heterocycles. The highest BCUT2D eigenvalue weighted by atomic mass is 19.3. The van der Waals surface area contributed by atoms with E-state index in [4.69, 9.17) is 0 Å². The van der Waals surface area contributed by atoms with Gasteiger partial charge in [0.25, 0.3) is 5.91 Å². The number of nitrogens with zero attached hydrogens (tertiary/aromatic N) is 4.